The normalized spacial score (nSPS) is 16.3. The fraction of sp³-hybridized carbons (Fsp3) is 0.583. The van der Waals surface area contributed by atoms with E-state index >= 15 is 0 Å². The summed E-state index contributed by atoms with van der Waals surface area (Å²) in [5, 5.41) is 12.9. The number of carbonyl (C=O) groups is 1. The van der Waals surface area contributed by atoms with Crippen molar-refractivity contribution in [2.75, 3.05) is 6.54 Å². The third-order valence-electron chi connectivity index (χ3n) is 3.08. The van der Waals surface area contributed by atoms with E-state index < -0.39 is 5.60 Å². The number of hydrogen-bond acceptors (Lipinski definition) is 3. The maximum absolute atomic E-state index is 11.6. The Kier molecular flexibility index (Phi) is 4.60. The lowest BCUT2D eigenvalue weighted by Gasteiger charge is -2.29. The highest BCUT2D eigenvalue weighted by atomic mass is 35.5. The van der Waals surface area contributed by atoms with Gasteiger partial charge in [-0.1, -0.05) is 20.3 Å². The van der Waals surface area contributed by atoms with Gasteiger partial charge in [0.1, 0.15) is 0 Å². The first-order valence-electron chi connectivity index (χ1n) is 5.62. The second kappa shape index (κ2) is 5.56. The molecule has 0 aliphatic rings. The van der Waals surface area contributed by atoms with Gasteiger partial charge in [-0.25, -0.2) is 0 Å². The van der Waals surface area contributed by atoms with Crippen LogP contribution in [0.3, 0.4) is 0 Å². The van der Waals surface area contributed by atoms with E-state index in [9.17, 15) is 9.90 Å². The molecule has 2 atom stereocenters. The van der Waals surface area contributed by atoms with Crippen LogP contribution in [-0.2, 0) is 0 Å². The van der Waals surface area contributed by atoms with Gasteiger partial charge in [0, 0.05) is 6.54 Å². The van der Waals surface area contributed by atoms with Gasteiger partial charge in [-0.15, -0.1) is 0 Å². The molecule has 0 saturated heterocycles. The Morgan fingerprint density at radius 2 is 2.29 bits per heavy atom. The molecule has 96 valence electrons. The molecule has 0 bridgehead atoms. The van der Waals surface area contributed by atoms with Crippen LogP contribution in [0.1, 0.15) is 37.7 Å². The van der Waals surface area contributed by atoms with Crippen molar-refractivity contribution in [1.82, 2.24) is 5.32 Å². The Hall–Kier alpha value is -1.00. The van der Waals surface area contributed by atoms with Gasteiger partial charge in [0.05, 0.1) is 5.60 Å². The number of carbonyl (C=O) groups excluding carboxylic acids is 1. The zero-order valence-corrected chi connectivity index (χ0v) is 11.0. The number of aliphatic hydroxyl groups is 1. The molecule has 1 aromatic heterocycles. The number of furan rings is 1. The molecular weight excluding hydrogens is 242 g/mol. The van der Waals surface area contributed by atoms with E-state index in [-0.39, 0.29) is 29.3 Å². The molecule has 0 fully saturated rings. The first-order valence-corrected chi connectivity index (χ1v) is 6.00. The summed E-state index contributed by atoms with van der Waals surface area (Å²) < 4.78 is 4.97. The molecule has 0 aromatic carbocycles. The average Bonchev–Trinajstić information content (AvgIpc) is 2.71. The van der Waals surface area contributed by atoms with Crippen molar-refractivity contribution in [1.29, 1.82) is 0 Å². The van der Waals surface area contributed by atoms with E-state index in [4.69, 9.17) is 16.0 Å². The largest absolute Gasteiger partial charge is 0.440 e. The SMILES string of the molecule is CCC(C)C(C)(O)CNC(=O)c1ccc(Cl)o1. The van der Waals surface area contributed by atoms with E-state index in [1.54, 1.807) is 6.92 Å². The summed E-state index contributed by atoms with van der Waals surface area (Å²) in [4.78, 5) is 11.6. The van der Waals surface area contributed by atoms with Gasteiger partial charge in [0.2, 0.25) is 0 Å². The quantitative estimate of drug-likeness (QED) is 0.854. The Labute approximate surface area is 106 Å². The van der Waals surface area contributed by atoms with Crippen LogP contribution < -0.4 is 5.32 Å². The van der Waals surface area contributed by atoms with Crippen molar-refractivity contribution < 1.29 is 14.3 Å². The van der Waals surface area contributed by atoms with Crippen LogP contribution in [0.5, 0.6) is 0 Å². The number of nitrogens with one attached hydrogen (secondary N) is 1. The first-order chi connectivity index (χ1) is 7.86. The van der Waals surface area contributed by atoms with Gasteiger partial charge in [-0.3, -0.25) is 4.79 Å². The summed E-state index contributed by atoms with van der Waals surface area (Å²) in [6, 6.07) is 3.00. The number of rotatable bonds is 5. The summed E-state index contributed by atoms with van der Waals surface area (Å²) in [7, 11) is 0. The second-order valence-electron chi connectivity index (χ2n) is 4.45. The van der Waals surface area contributed by atoms with Crippen molar-refractivity contribution in [2.24, 2.45) is 5.92 Å². The van der Waals surface area contributed by atoms with Crippen molar-refractivity contribution >= 4 is 17.5 Å². The van der Waals surface area contributed by atoms with Gasteiger partial charge in [0.15, 0.2) is 11.0 Å². The number of hydrogen-bond donors (Lipinski definition) is 2. The van der Waals surface area contributed by atoms with Crippen molar-refractivity contribution in [3.05, 3.63) is 23.1 Å². The smallest absolute Gasteiger partial charge is 0.287 e. The number of amides is 1. The first kappa shape index (κ1) is 14.1. The van der Waals surface area contributed by atoms with E-state index in [0.29, 0.717) is 0 Å². The predicted molar refractivity (Wildman–Crippen MR) is 66.1 cm³/mol. The molecule has 1 rings (SSSR count). The lowest BCUT2D eigenvalue weighted by Crippen LogP contribution is -2.45. The van der Waals surface area contributed by atoms with E-state index in [0.717, 1.165) is 6.42 Å². The lowest BCUT2D eigenvalue weighted by molar-refractivity contribution is 0.00569. The highest BCUT2D eigenvalue weighted by Crippen LogP contribution is 2.19. The maximum Gasteiger partial charge on any atom is 0.287 e. The van der Waals surface area contributed by atoms with E-state index in [1.165, 1.54) is 12.1 Å². The molecule has 17 heavy (non-hydrogen) atoms. The van der Waals surface area contributed by atoms with Crippen molar-refractivity contribution in [3.63, 3.8) is 0 Å². The topological polar surface area (TPSA) is 62.5 Å². The Bertz CT molecular complexity index is 387. The molecule has 2 unspecified atom stereocenters. The molecule has 5 heteroatoms. The Balaban J connectivity index is 2.54. The third kappa shape index (κ3) is 3.75. The second-order valence-corrected chi connectivity index (χ2v) is 4.83. The molecule has 1 amide bonds. The minimum atomic E-state index is -0.930. The van der Waals surface area contributed by atoms with Crippen LogP contribution in [0.4, 0.5) is 0 Å². The summed E-state index contributed by atoms with van der Waals surface area (Å²) in [5.41, 5.74) is -0.930. The van der Waals surface area contributed by atoms with Crippen LogP contribution in [0.15, 0.2) is 16.5 Å². The van der Waals surface area contributed by atoms with E-state index in [2.05, 4.69) is 5.32 Å². The lowest BCUT2D eigenvalue weighted by atomic mass is 9.88. The molecule has 1 aromatic rings. The van der Waals surface area contributed by atoms with Crippen molar-refractivity contribution in [2.45, 2.75) is 32.8 Å². The number of halogens is 1. The zero-order valence-electron chi connectivity index (χ0n) is 10.3. The highest BCUT2D eigenvalue weighted by Gasteiger charge is 2.27. The summed E-state index contributed by atoms with van der Waals surface area (Å²) in [5.74, 6) is -0.126. The molecule has 0 radical (unpaired) electrons. The van der Waals surface area contributed by atoms with Gasteiger partial charge in [0.25, 0.3) is 5.91 Å². The summed E-state index contributed by atoms with van der Waals surface area (Å²) in [6.07, 6.45) is 0.843. The highest BCUT2D eigenvalue weighted by molar-refractivity contribution is 6.29. The molecule has 0 saturated carbocycles. The summed E-state index contributed by atoms with van der Waals surface area (Å²) in [6.45, 7) is 5.82. The van der Waals surface area contributed by atoms with Gasteiger partial charge >= 0.3 is 0 Å². The Morgan fingerprint density at radius 1 is 1.65 bits per heavy atom. The molecule has 2 N–H and O–H groups in total. The molecule has 0 aliphatic carbocycles. The zero-order chi connectivity index (χ0) is 13.1. The molecular formula is C12H18ClNO3. The summed E-state index contributed by atoms with van der Waals surface area (Å²) >= 11 is 5.57. The molecule has 1 heterocycles. The monoisotopic (exact) mass is 259 g/mol. The average molecular weight is 260 g/mol. The minimum Gasteiger partial charge on any atom is -0.440 e. The third-order valence-corrected chi connectivity index (χ3v) is 3.28. The van der Waals surface area contributed by atoms with E-state index in [1.807, 2.05) is 13.8 Å². The van der Waals surface area contributed by atoms with Crippen LogP contribution in [0.25, 0.3) is 0 Å². The molecule has 0 spiro atoms. The van der Waals surface area contributed by atoms with Gasteiger partial charge in [-0.2, -0.15) is 0 Å². The molecule has 4 nitrogen and oxygen atoms in total. The van der Waals surface area contributed by atoms with Gasteiger partial charge in [-0.05, 0) is 36.6 Å². The van der Waals surface area contributed by atoms with Crippen LogP contribution in [0, 0.1) is 5.92 Å². The fourth-order valence-electron chi connectivity index (χ4n) is 1.40. The van der Waals surface area contributed by atoms with Crippen molar-refractivity contribution in [3.8, 4) is 0 Å². The maximum atomic E-state index is 11.6. The Morgan fingerprint density at radius 3 is 2.76 bits per heavy atom. The van der Waals surface area contributed by atoms with Gasteiger partial charge < -0.3 is 14.8 Å². The van der Waals surface area contributed by atoms with Crippen LogP contribution in [0.2, 0.25) is 5.22 Å². The fourth-order valence-corrected chi connectivity index (χ4v) is 1.54. The minimum absolute atomic E-state index is 0.1000. The van der Waals surface area contributed by atoms with Crippen LogP contribution in [-0.4, -0.2) is 23.2 Å². The standard InChI is InChI=1S/C12H18ClNO3/c1-4-8(2)12(3,16)7-14-11(15)9-5-6-10(13)17-9/h5-6,8,16H,4,7H2,1-3H3,(H,14,15). The van der Waals surface area contributed by atoms with Crippen LogP contribution >= 0.6 is 11.6 Å². The molecule has 0 aliphatic heterocycles. The predicted octanol–water partition coefficient (Wildman–Crippen LogP) is 2.46.